The number of hydrogen-bond donors (Lipinski definition) is 0. The molecule has 0 unspecified atom stereocenters. The van der Waals surface area contributed by atoms with Crippen molar-refractivity contribution in [2.45, 2.75) is 60.5 Å². The largest absolute Gasteiger partial charge is 0.462 e. The Labute approximate surface area is 122 Å². The van der Waals surface area contributed by atoms with E-state index in [4.69, 9.17) is 4.74 Å². The predicted molar refractivity (Wildman–Crippen MR) is 80.3 cm³/mol. The molecule has 112 valence electrons. The molecule has 0 aliphatic heterocycles. The smallest absolute Gasteiger partial charge is 0.308 e. The summed E-state index contributed by atoms with van der Waals surface area (Å²) in [6, 6.07) is 0. The SMILES string of the molecule is CC(=O)/C=C/C1=C(C)C[C@H](OC(=O)C(C)C)CC1(C)C. The molecule has 3 heteroatoms. The number of carbonyl (C=O) groups is 2. The monoisotopic (exact) mass is 278 g/mol. The quantitative estimate of drug-likeness (QED) is 0.579. The summed E-state index contributed by atoms with van der Waals surface area (Å²) in [6.07, 6.45) is 5.01. The van der Waals surface area contributed by atoms with Crippen LogP contribution in [0.2, 0.25) is 0 Å². The Morgan fingerprint density at radius 3 is 2.40 bits per heavy atom. The molecule has 1 atom stereocenters. The third-order valence-electron chi connectivity index (χ3n) is 3.70. The third kappa shape index (κ3) is 4.32. The molecule has 0 saturated carbocycles. The zero-order valence-corrected chi connectivity index (χ0v) is 13.4. The highest BCUT2D eigenvalue weighted by Gasteiger charge is 2.34. The van der Waals surface area contributed by atoms with Gasteiger partial charge in [0.1, 0.15) is 6.10 Å². The molecule has 3 nitrogen and oxygen atoms in total. The lowest BCUT2D eigenvalue weighted by atomic mass is 9.71. The fourth-order valence-corrected chi connectivity index (χ4v) is 2.73. The van der Waals surface area contributed by atoms with Crippen LogP contribution in [0.15, 0.2) is 23.3 Å². The van der Waals surface area contributed by atoms with Crippen LogP contribution in [0.4, 0.5) is 0 Å². The van der Waals surface area contributed by atoms with E-state index in [9.17, 15) is 9.59 Å². The molecule has 0 saturated heterocycles. The molecule has 0 amide bonds. The zero-order chi connectivity index (χ0) is 15.5. The van der Waals surface area contributed by atoms with E-state index in [0.29, 0.717) is 0 Å². The van der Waals surface area contributed by atoms with Crippen LogP contribution >= 0.6 is 0 Å². The van der Waals surface area contributed by atoms with Crippen molar-refractivity contribution < 1.29 is 14.3 Å². The molecule has 0 bridgehead atoms. The second-order valence-corrected chi connectivity index (χ2v) is 6.64. The molecule has 1 aliphatic carbocycles. The van der Waals surface area contributed by atoms with Crippen LogP contribution in [0, 0.1) is 11.3 Å². The summed E-state index contributed by atoms with van der Waals surface area (Å²) in [5.74, 6) is -0.183. The Morgan fingerprint density at radius 2 is 1.95 bits per heavy atom. The zero-order valence-electron chi connectivity index (χ0n) is 13.4. The van der Waals surface area contributed by atoms with Crippen molar-refractivity contribution in [1.82, 2.24) is 0 Å². The molecular weight excluding hydrogens is 252 g/mol. The number of allylic oxidation sites excluding steroid dienone is 3. The minimum atomic E-state index is -0.138. The second-order valence-electron chi connectivity index (χ2n) is 6.64. The van der Waals surface area contributed by atoms with E-state index >= 15 is 0 Å². The number of hydrogen-bond acceptors (Lipinski definition) is 3. The van der Waals surface area contributed by atoms with Crippen molar-refractivity contribution in [3.05, 3.63) is 23.3 Å². The summed E-state index contributed by atoms with van der Waals surface area (Å²) in [5, 5.41) is 0. The Hall–Kier alpha value is -1.38. The van der Waals surface area contributed by atoms with Gasteiger partial charge in [-0.05, 0) is 37.3 Å². The van der Waals surface area contributed by atoms with Crippen molar-refractivity contribution in [2.75, 3.05) is 0 Å². The fourth-order valence-electron chi connectivity index (χ4n) is 2.73. The number of ether oxygens (including phenoxy) is 1. The molecule has 20 heavy (non-hydrogen) atoms. The van der Waals surface area contributed by atoms with Crippen molar-refractivity contribution in [3.63, 3.8) is 0 Å². The normalized spacial score (nSPS) is 22.4. The van der Waals surface area contributed by atoms with Crippen LogP contribution in [0.25, 0.3) is 0 Å². The van der Waals surface area contributed by atoms with Crippen LogP contribution in [-0.2, 0) is 14.3 Å². The average Bonchev–Trinajstić information content (AvgIpc) is 2.25. The van der Waals surface area contributed by atoms with Crippen molar-refractivity contribution in [2.24, 2.45) is 11.3 Å². The first-order valence-electron chi connectivity index (χ1n) is 7.23. The van der Waals surface area contributed by atoms with Gasteiger partial charge in [0.2, 0.25) is 0 Å². The van der Waals surface area contributed by atoms with Gasteiger partial charge in [-0.1, -0.05) is 39.3 Å². The van der Waals surface area contributed by atoms with Crippen LogP contribution in [-0.4, -0.2) is 17.9 Å². The maximum atomic E-state index is 11.7. The van der Waals surface area contributed by atoms with Gasteiger partial charge in [0, 0.05) is 6.42 Å². The Bertz CT molecular complexity index is 453. The molecule has 0 aromatic heterocycles. The van der Waals surface area contributed by atoms with Crippen LogP contribution in [0.5, 0.6) is 0 Å². The molecule has 0 spiro atoms. The highest BCUT2D eigenvalue weighted by atomic mass is 16.5. The summed E-state index contributed by atoms with van der Waals surface area (Å²) in [6.45, 7) is 11.6. The van der Waals surface area contributed by atoms with Gasteiger partial charge in [-0.15, -0.1) is 0 Å². The topological polar surface area (TPSA) is 43.4 Å². The fraction of sp³-hybridized carbons (Fsp3) is 0.647. The summed E-state index contributed by atoms with van der Waals surface area (Å²) >= 11 is 0. The molecule has 1 rings (SSSR count). The standard InChI is InChI=1S/C17H26O3/c1-11(2)16(19)20-14-9-12(3)15(8-7-13(4)18)17(5,6)10-14/h7-8,11,14H,9-10H2,1-6H3/b8-7+/t14-/m0/s1. The second kappa shape index (κ2) is 6.38. The van der Waals surface area contributed by atoms with E-state index in [-0.39, 0.29) is 29.2 Å². The molecule has 0 aromatic carbocycles. The molecule has 0 radical (unpaired) electrons. The highest BCUT2D eigenvalue weighted by molar-refractivity contribution is 5.87. The van der Waals surface area contributed by atoms with E-state index in [2.05, 4.69) is 20.8 Å². The molecule has 0 fully saturated rings. The lowest BCUT2D eigenvalue weighted by Gasteiger charge is -2.37. The van der Waals surface area contributed by atoms with Gasteiger partial charge in [-0.3, -0.25) is 9.59 Å². The van der Waals surface area contributed by atoms with Gasteiger partial charge in [0.15, 0.2) is 5.78 Å². The Balaban J connectivity index is 2.90. The van der Waals surface area contributed by atoms with Crippen molar-refractivity contribution in [3.8, 4) is 0 Å². The van der Waals surface area contributed by atoms with Crippen LogP contribution in [0.1, 0.15) is 54.4 Å². The average molecular weight is 278 g/mol. The summed E-state index contributed by atoms with van der Waals surface area (Å²) in [7, 11) is 0. The Morgan fingerprint density at radius 1 is 1.35 bits per heavy atom. The van der Waals surface area contributed by atoms with Crippen LogP contribution in [0.3, 0.4) is 0 Å². The molecular formula is C17H26O3. The summed E-state index contributed by atoms with van der Waals surface area (Å²) in [4.78, 5) is 22.8. The lowest BCUT2D eigenvalue weighted by molar-refractivity contribution is -0.154. The first kappa shape index (κ1) is 16.7. The molecule has 0 heterocycles. The molecule has 0 N–H and O–H groups in total. The maximum absolute atomic E-state index is 11.7. The summed E-state index contributed by atoms with van der Waals surface area (Å²) < 4.78 is 5.57. The van der Waals surface area contributed by atoms with Gasteiger partial charge in [-0.25, -0.2) is 0 Å². The minimum Gasteiger partial charge on any atom is -0.462 e. The van der Waals surface area contributed by atoms with Gasteiger partial charge < -0.3 is 4.74 Å². The third-order valence-corrected chi connectivity index (χ3v) is 3.70. The predicted octanol–water partition coefficient (Wildman–Crippen LogP) is 3.84. The lowest BCUT2D eigenvalue weighted by Crippen LogP contribution is -2.32. The van der Waals surface area contributed by atoms with E-state index in [1.54, 1.807) is 13.0 Å². The molecule has 1 aliphatic rings. The van der Waals surface area contributed by atoms with Gasteiger partial charge in [0.05, 0.1) is 5.92 Å². The Kier molecular flexibility index (Phi) is 5.32. The number of carbonyl (C=O) groups excluding carboxylic acids is 2. The van der Waals surface area contributed by atoms with Gasteiger partial charge in [-0.2, -0.15) is 0 Å². The van der Waals surface area contributed by atoms with Crippen molar-refractivity contribution in [1.29, 1.82) is 0 Å². The number of esters is 1. The van der Waals surface area contributed by atoms with E-state index in [1.165, 1.54) is 11.1 Å². The van der Waals surface area contributed by atoms with Crippen molar-refractivity contribution >= 4 is 11.8 Å². The summed E-state index contributed by atoms with van der Waals surface area (Å²) in [5.41, 5.74) is 2.29. The minimum absolute atomic E-state index is 0.0504. The van der Waals surface area contributed by atoms with E-state index < -0.39 is 0 Å². The van der Waals surface area contributed by atoms with E-state index in [1.807, 2.05) is 19.9 Å². The van der Waals surface area contributed by atoms with Gasteiger partial charge >= 0.3 is 5.97 Å². The number of ketones is 1. The molecule has 0 aromatic rings. The maximum Gasteiger partial charge on any atom is 0.308 e. The first-order chi connectivity index (χ1) is 9.13. The highest BCUT2D eigenvalue weighted by Crippen LogP contribution is 2.42. The van der Waals surface area contributed by atoms with E-state index in [0.717, 1.165) is 12.8 Å². The first-order valence-corrected chi connectivity index (χ1v) is 7.23. The van der Waals surface area contributed by atoms with Crippen LogP contribution < -0.4 is 0 Å². The number of rotatable bonds is 4. The van der Waals surface area contributed by atoms with Gasteiger partial charge in [0.25, 0.3) is 0 Å².